The first-order chi connectivity index (χ1) is 7.70. The van der Waals surface area contributed by atoms with Crippen LogP contribution < -0.4 is 5.32 Å². The summed E-state index contributed by atoms with van der Waals surface area (Å²) in [5.41, 5.74) is -0.493. The Kier molecular flexibility index (Phi) is 4.77. The van der Waals surface area contributed by atoms with Gasteiger partial charge in [0.2, 0.25) is 0 Å². The van der Waals surface area contributed by atoms with Gasteiger partial charge >= 0.3 is 6.09 Å². The van der Waals surface area contributed by atoms with Crippen LogP contribution in [-0.4, -0.2) is 11.7 Å². The lowest BCUT2D eigenvalue weighted by molar-refractivity contribution is 0.0635. The van der Waals surface area contributed by atoms with Crippen LogP contribution in [0.4, 0.5) is 14.9 Å². The summed E-state index contributed by atoms with van der Waals surface area (Å²) in [5.74, 6) is -0.511. The third kappa shape index (κ3) is 4.42. The van der Waals surface area contributed by atoms with Crippen LogP contribution in [0.15, 0.2) is 16.6 Å². The Labute approximate surface area is 121 Å². The summed E-state index contributed by atoms with van der Waals surface area (Å²) in [5, 5.41) is 2.40. The molecule has 0 heterocycles. The molecule has 0 saturated carbocycles. The second kappa shape index (κ2) is 5.51. The van der Waals surface area contributed by atoms with Gasteiger partial charge in [-0.05, 0) is 71.4 Å². The number of halogens is 3. The fraction of sp³-hybridized carbons (Fsp3) is 0.364. The second-order valence-electron chi connectivity index (χ2n) is 4.35. The van der Waals surface area contributed by atoms with Crippen molar-refractivity contribution in [1.29, 1.82) is 0 Å². The lowest BCUT2D eigenvalue weighted by Gasteiger charge is -2.20. The van der Waals surface area contributed by atoms with Gasteiger partial charge in [-0.2, -0.15) is 0 Å². The lowest BCUT2D eigenvalue weighted by Crippen LogP contribution is -2.27. The molecule has 1 N–H and O–H groups in total. The zero-order chi connectivity index (χ0) is 13.2. The van der Waals surface area contributed by atoms with Gasteiger partial charge in [-0.25, -0.2) is 9.18 Å². The number of hydrogen-bond donors (Lipinski definition) is 1. The van der Waals surface area contributed by atoms with E-state index in [2.05, 4.69) is 21.2 Å². The first-order valence-corrected chi connectivity index (χ1v) is 6.71. The molecule has 0 aliphatic rings. The lowest BCUT2D eigenvalue weighted by atomic mass is 10.2. The Morgan fingerprint density at radius 3 is 2.59 bits per heavy atom. The summed E-state index contributed by atoms with van der Waals surface area (Å²) >= 11 is 5.00. The Morgan fingerprint density at radius 2 is 2.06 bits per heavy atom. The number of hydrogen-bond acceptors (Lipinski definition) is 2. The molecule has 94 valence electrons. The van der Waals surface area contributed by atoms with E-state index < -0.39 is 17.5 Å². The van der Waals surface area contributed by atoms with E-state index in [-0.39, 0.29) is 5.69 Å². The average molecular weight is 416 g/mol. The molecular weight excluding hydrogens is 404 g/mol. The van der Waals surface area contributed by atoms with Crippen LogP contribution in [0.1, 0.15) is 20.8 Å². The van der Waals surface area contributed by atoms with Crippen molar-refractivity contribution >= 4 is 50.3 Å². The van der Waals surface area contributed by atoms with Crippen LogP contribution >= 0.6 is 38.5 Å². The van der Waals surface area contributed by atoms with Gasteiger partial charge in [0.1, 0.15) is 5.60 Å². The second-order valence-corrected chi connectivity index (χ2v) is 6.36. The van der Waals surface area contributed by atoms with Gasteiger partial charge in [-0.15, -0.1) is 0 Å². The highest BCUT2D eigenvalue weighted by Gasteiger charge is 2.19. The van der Waals surface area contributed by atoms with Crippen molar-refractivity contribution in [2.75, 3.05) is 5.32 Å². The summed E-state index contributed by atoms with van der Waals surface area (Å²) in [6.07, 6.45) is -0.674. The van der Waals surface area contributed by atoms with Crippen molar-refractivity contribution in [3.63, 3.8) is 0 Å². The molecule has 3 nitrogen and oxygen atoms in total. The molecule has 0 saturated heterocycles. The van der Waals surface area contributed by atoms with Gasteiger partial charge in [0.15, 0.2) is 5.82 Å². The Bertz CT molecular complexity index is 446. The van der Waals surface area contributed by atoms with Crippen LogP contribution in [0.2, 0.25) is 0 Å². The van der Waals surface area contributed by atoms with Crippen LogP contribution in [0, 0.1) is 9.39 Å². The molecule has 0 unspecified atom stereocenters. The molecule has 0 atom stereocenters. The van der Waals surface area contributed by atoms with E-state index in [0.29, 0.717) is 8.04 Å². The van der Waals surface area contributed by atoms with Crippen LogP contribution in [0.25, 0.3) is 0 Å². The number of anilines is 1. The highest BCUT2D eigenvalue weighted by atomic mass is 127. The Balaban J connectivity index is 2.89. The van der Waals surface area contributed by atoms with Crippen molar-refractivity contribution in [3.8, 4) is 0 Å². The zero-order valence-corrected chi connectivity index (χ0v) is 13.3. The molecule has 0 aliphatic heterocycles. The minimum Gasteiger partial charge on any atom is -0.444 e. The molecule has 1 rings (SSSR count). The quantitative estimate of drug-likeness (QED) is 0.540. The molecule has 0 bridgehead atoms. The topological polar surface area (TPSA) is 38.3 Å². The first-order valence-electron chi connectivity index (χ1n) is 4.84. The third-order valence-corrected chi connectivity index (χ3v) is 3.18. The molecule has 0 aliphatic carbocycles. The number of benzene rings is 1. The monoisotopic (exact) mass is 415 g/mol. The van der Waals surface area contributed by atoms with E-state index in [1.54, 1.807) is 32.9 Å². The molecule has 0 fully saturated rings. The van der Waals surface area contributed by atoms with Gasteiger partial charge < -0.3 is 4.74 Å². The summed E-state index contributed by atoms with van der Waals surface area (Å²) < 4.78 is 19.7. The van der Waals surface area contributed by atoms with Crippen molar-refractivity contribution < 1.29 is 13.9 Å². The van der Waals surface area contributed by atoms with Crippen molar-refractivity contribution in [3.05, 3.63) is 26.0 Å². The molecule has 17 heavy (non-hydrogen) atoms. The van der Waals surface area contributed by atoms with E-state index >= 15 is 0 Å². The third-order valence-electron chi connectivity index (χ3n) is 1.67. The van der Waals surface area contributed by atoms with E-state index in [0.717, 1.165) is 0 Å². The van der Waals surface area contributed by atoms with Gasteiger partial charge in [0, 0.05) is 3.57 Å². The Hall–Kier alpha value is -0.370. The van der Waals surface area contributed by atoms with Gasteiger partial charge in [0.05, 0.1) is 10.2 Å². The minimum atomic E-state index is -0.674. The van der Waals surface area contributed by atoms with Crippen LogP contribution in [0.5, 0.6) is 0 Å². The number of rotatable bonds is 1. The molecule has 0 aromatic heterocycles. The minimum absolute atomic E-state index is 0.120. The molecule has 0 spiro atoms. The normalized spacial score (nSPS) is 11.2. The van der Waals surface area contributed by atoms with Gasteiger partial charge in [-0.3, -0.25) is 5.32 Å². The first kappa shape index (κ1) is 14.7. The molecule has 6 heteroatoms. The summed E-state index contributed by atoms with van der Waals surface area (Å²) in [7, 11) is 0. The Morgan fingerprint density at radius 1 is 1.47 bits per heavy atom. The molecule has 1 aromatic rings. The molecule has 1 amide bonds. The van der Waals surface area contributed by atoms with E-state index in [9.17, 15) is 9.18 Å². The summed E-state index contributed by atoms with van der Waals surface area (Å²) in [4.78, 5) is 11.5. The van der Waals surface area contributed by atoms with Gasteiger partial charge in [-0.1, -0.05) is 0 Å². The SMILES string of the molecule is CC(C)(C)OC(=O)Nc1c(I)ccc(Br)c1F. The predicted octanol–water partition coefficient (Wildman–Crippen LogP) is 4.54. The predicted molar refractivity (Wildman–Crippen MR) is 76.7 cm³/mol. The number of carbonyl (C=O) groups is 1. The maximum atomic E-state index is 13.7. The van der Waals surface area contributed by atoms with Crippen molar-refractivity contribution in [2.24, 2.45) is 0 Å². The summed E-state index contributed by atoms with van der Waals surface area (Å²) in [6.45, 7) is 5.23. The van der Waals surface area contributed by atoms with Crippen molar-refractivity contribution in [2.45, 2.75) is 26.4 Å². The number of nitrogens with one attached hydrogen (secondary N) is 1. The maximum Gasteiger partial charge on any atom is 0.412 e. The number of ether oxygens (including phenoxy) is 1. The van der Waals surface area contributed by atoms with E-state index in [4.69, 9.17) is 4.74 Å². The standard InChI is InChI=1S/C11H12BrFINO2/c1-11(2,3)17-10(16)15-9-7(14)5-4-6(12)8(9)13/h4-5H,1-3H3,(H,15,16). The summed E-state index contributed by atoms with van der Waals surface area (Å²) in [6, 6.07) is 3.28. The fourth-order valence-corrected chi connectivity index (χ4v) is 1.93. The molecule has 0 radical (unpaired) electrons. The zero-order valence-electron chi connectivity index (χ0n) is 9.61. The molecular formula is C11H12BrFINO2. The van der Waals surface area contributed by atoms with Gasteiger partial charge in [0.25, 0.3) is 0 Å². The smallest absolute Gasteiger partial charge is 0.412 e. The maximum absolute atomic E-state index is 13.7. The van der Waals surface area contributed by atoms with Crippen LogP contribution in [0.3, 0.4) is 0 Å². The highest BCUT2D eigenvalue weighted by molar-refractivity contribution is 14.1. The fourth-order valence-electron chi connectivity index (χ4n) is 1.05. The largest absolute Gasteiger partial charge is 0.444 e. The molecule has 1 aromatic carbocycles. The number of amides is 1. The van der Waals surface area contributed by atoms with Crippen LogP contribution in [-0.2, 0) is 4.74 Å². The van der Waals surface area contributed by atoms with E-state index in [1.807, 2.05) is 22.6 Å². The number of carbonyl (C=O) groups excluding carboxylic acids is 1. The van der Waals surface area contributed by atoms with E-state index in [1.165, 1.54) is 0 Å². The average Bonchev–Trinajstić information content (AvgIpc) is 2.16. The highest BCUT2D eigenvalue weighted by Crippen LogP contribution is 2.28. The van der Waals surface area contributed by atoms with Crippen molar-refractivity contribution in [1.82, 2.24) is 0 Å².